The standard InChI is InChI=1S/C21H21FO/c1-2-3-4-5-15-6-8-16(9-7-15)18-12-17-10-11-19(23)14-20(17)21(22)13-18/h6-14,23H,2-5H2,1H3. The summed E-state index contributed by atoms with van der Waals surface area (Å²) in [5.74, 6) is -0.221. The maximum Gasteiger partial charge on any atom is 0.131 e. The molecule has 0 aliphatic heterocycles. The van der Waals surface area contributed by atoms with E-state index in [1.807, 2.05) is 6.07 Å². The third kappa shape index (κ3) is 3.53. The van der Waals surface area contributed by atoms with Crippen molar-refractivity contribution >= 4 is 10.8 Å². The van der Waals surface area contributed by atoms with Crippen molar-refractivity contribution < 1.29 is 9.50 Å². The number of benzene rings is 3. The summed E-state index contributed by atoms with van der Waals surface area (Å²) >= 11 is 0. The Bertz CT molecular complexity index is 806. The summed E-state index contributed by atoms with van der Waals surface area (Å²) in [5, 5.41) is 10.7. The summed E-state index contributed by atoms with van der Waals surface area (Å²) < 4.78 is 14.3. The first-order valence-electron chi connectivity index (χ1n) is 8.19. The molecule has 2 heteroatoms. The minimum atomic E-state index is -0.305. The lowest BCUT2D eigenvalue weighted by atomic mass is 9.98. The Labute approximate surface area is 136 Å². The number of phenolic OH excluding ortho intramolecular Hbond substituents is 1. The third-order valence-corrected chi connectivity index (χ3v) is 4.24. The van der Waals surface area contributed by atoms with E-state index in [0.29, 0.717) is 5.39 Å². The fourth-order valence-corrected chi connectivity index (χ4v) is 2.91. The minimum Gasteiger partial charge on any atom is -0.508 e. The van der Waals surface area contributed by atoms with Crippen LogP contribution in [0, 0.1) is 5.82 Å². The van der Waals surface area contributed by atoms with Crippen LogP contribution in [0.3, 0.4) is 0 Å². The second-order valence-corrected chi connectivity index (χ2v) is 6.02. The van der Waals surface area contributed by atoms with Crippen LogP contribution in [0.25, 0.3) is 21.9 Å². The van der Waals surface area contributed by atoms with Crippen LogP contribution in [0.15, 0.2) is 54.6 Å². The quantitative estimate of drug-likeness (QED) is 0.566. The molecule has 0 spiro atoms. The number of rotatable bonds is 5. The van der Waals surface area contributed by atoms with Gasteiger partial charge in [-0.2, -0.15) is 0 Å². The molecule has 0 heterocycles. The Morgan fingerprint density at radius 1 is 0.870 bits per heavy atom. The minimum absolute atomic E-state index is 0.0839. The summed E-state index contributed by atoms with van der Waals surface area (Å²) in [7, 11) is 0. The van der Waals surface area contributed by atoms with E-state index in [-0.39, 0.29) is 11.6 Å². The molecule has 0 unspecified atom stereocenters. The first kappa shape index (κ1) is 15.5. The summed E-state index contributed by atoms with van der Waals surface area (Å²) in [4.78, 5) is 0. The van der Waals surface area contributed by atoms with Gasteiger partial charge < -0.3 is 5.11 Å². The largest absolute Gasteiger partial charge is 0.508 e. The van der Waals surface area contributed by atoms with Crippen molar-refractivity contribution in [3.05, 3.63) is 66.0 Å². The molecule has 0 aliphatic rings. The highest BCUT2D eigenvalue weighted by Crippen LogP contribution is 2.29. The van der Waals surface area contributed by atoms with Crippen molar-refractivity contribution in [2.75, 3.05) is 0 Å². The Morgan fingerprint density at radius 3 is 2.39 bits per heavy atom. The molecule has 3 aromatic carbocycles. The number of hydrogen-bond acceptors (Lipinski definition) is 1. The zero-order valence-electron chi connectivity index (χ0n) is 13.3. The summed E-state index contributed by atoms with van der Waals surface area (Å²) in [5.41, 5.74) is 3.20. The number of aromatic hydroxyl groups is 1. The molecule has 3 rings (SSSR count). The first-order valence-corrected chi connectivity index (χ1v) is 8.19. The molecule has 1 nitrogen and oxygen atoms in total. The van der Waals surface area contributed by atoms with Crippen LogP contribution in [0.1, 0.15) is 31.7 Å². The van der Waals surface area contributed by atoms with E-state index in [0.717, 1.165) is 22.9 Å². The van der Waals surface area contributed by atoms with Gasteiger partial charge in [0.1, 0.15) is 11.6 Å². The van der Waals surface area contributed by atoms with E-state index in [9.17, 15) is 9.50 Å². The van der Waals surface area contributed by atoms with Crippen LogP contribution in [-0.2, 0) is 6.42 Å². The van der Waals surface area contributed by atoms with Gasteiger partial charge in [0.25, 0.3) is 0 Å². The molecule has 0 bridgehead atoms. The van der Waals surface area contributed by atoms with Gasteiger partial charge in [0.15, 0.2) is 0 Å². The van der Waals surface area contributed by atoms with Gasteiger partial charge in [-0.3, -0.25) is 0 Å². The summed E-state index contributed by atoms with van der Waals surface area (Å²) in [6.07, 6.45) is 4.79. The molecule has 0 fully saturated rings. The van der Waals surface area contributed by atoms with Gasteiger partial charge in [-0.1, -0.05) is 50.1 Å². The molecule has 0 atom stereocenters. The van der Waals surface area contributed by atoms with Crippen molar-refractivity contribution in [2.45, 2.75) is 32.6 Å². The van der Waals surface area contributed by atoms with E-state index in [1.54, 1.807) is 12.1 Å². The number of phenols is 1. The maximum absolute atomic E-state index is 14.3. The van der Waals surface area contributed by atoms with E-state index in [4.69, 9.17) is 0 Å². The highest BCUT2D eigenvalue weighted by atomic mass is 19.1. The van der Waals surface area contributed by atoms with Gasteiger partial charge in [-0.15, -0.1) is 0 Å². The smallest absolute Gasteiger partial charge is 0.131 e. The maximum atomic E-state index is 14.3. The third-order valence-electron chi connectivity index (χ3n) is 4.24. The van der Waals surface area contributed by atoms with Gasteiger partial charge in [0.05, 0.1) is 0 Å². The second-order valence-electron chi connectivity index (χ2n) is 6.02. The fourth-order valence-electron chi connectivity index (χ4n) is 2.91. The topological polar surface area (TPSA) is 20.2 Å². The van der Waals surface area contributed by atoms with Gasteiger partial charge in [-0.05, 0) is 59.2 Å². The zero-order chi connectivity index (χ0) is 16.2. The van der Waals surface area contributed by atoms with Crippen molar-refractivity contribution in [3.8, 4) is 16.9 Å². The number of aryl methyl sites for hydroxylation is 1. The fraction of sp³-hybridized carbons (Fsp3) is 0.238. The lowest BCUT2D eigenvalue weighted by molar-refractivity contribution is 0.476. The predicted molar refractivity (Wildman–Crippen MR) is 94.2 cm³/mol. The van der Waals surface area contributed by atoms with Crippen LogP contribution in [-0.4, -0.2) is 5.11 Å². The first-order chi connectivity index (χ1) is 11.2. The number of fused-ring (bicyclic) bond motifs is 1. The monoisotopic (exact) mass is 308 g/mol. The summed E-state index contributed by atoms with van der Waals surface area (Å²) in [6, 6.07) is 16.7. The Balaban J connectivity index is 1.89. The molecule has 1 N–H and O–H groups in total. The average molecular weight is 308 g/mol. The molecule has 0 radical (unpaired) electrons. The lowest BCUT2D eigenvalue weighted by Gasteiger charge is -2.08. The summed E-state index contributed by atoms with van der Waals surface area (Å²) in [6.45, 7) is 2.21. The molecular weight excluding hydrogens is 287 g/mol. The second kappa shape index (κ2) is 6.82. The highest BCUT2D eigenvalue weighted by molar-refractivity contribution is 5.89. The van der Waals surface area contributed by atoms with Crippen LogP contribution in [0.5, 0.6) is 5.75 Å². The van der Waals surface area contributed by atoms with Gasteiger partial charge >= 0.3 is 0 Å². The van der Waals surface area contributed by atoms with Gasteiger partial charge in [-0.25, -0.2) is 4.39 Å². The van der Waals surface area contributed by atoms with Crippen molar-refractivity contribution in [1.29, 1.82) is 0 Å². The van der Waals surface area contributed by atoms with E-state index in [1.165, 1.54) is 37.0 Å². The molecule has 0 amide bonds. The molecular formula is C21H21FO. The van der Waals surface area contributed by atoms with Crippen LogP contribution >= 0.6 is 0 Å². The molecule has 23 heavy (non-hydrogen) atoms. The number of hydrogen-bond donors (Lipinski definition) is 1. The Kier molecular flexibility index (Phi) is 4.61. The van der Waals surface area contributed by atoms with Crippen LogP contribution < -0.4 is 0 Å². The van der Waals surface area contributed by atoms with E-state index >= 15 is 0 Å². The van der Waals surface area contributed by atoms with Crippen LogP contribution in [0.4, 0.5) is 4.39 Å². The normalized spacial score (nSPS) is 11.0. The number of unbranched alkanes of at least 4 members (excludes halogenated alkanes) is 2. The van der Waals surface area contributed by atoms with E-state index in [2.05, 4.69) is 31.2 Å². The molecule has 0 aliphatic carbocycles. The van der Waals surface area contributed by atoms with Gasteiger partial charge in [0, 0.05) is 5.39 Å². The van der Waals surface area contributed by atoms with Crippen molar-refractivity contribution in [3.63, 3.8) is 0 Å². The SMILES string of the molecule is CCCCCc1ccc(-c2cc(F)c3cc(O)ccc3c2)cc1. The Morgan fingerprint density at radius 2 is 1.65 bits per heavy atom. The molecule has 3 aromatic rings. The lowest BCUT2D eigenvalue weighted by Crippen LogP contribution is -1.87. The molecule has 118 valence electrons. The molecule has 0 saturated carbocycles. The van der Waals surface area contributed by atoms with Crippen LogP contribution in [0.2, 0.25) is 0 Å². The zero-order valence-corrected chi connectivity index (χ0v) is 13.3. The average Bonchev–Trinajstić information content (AvgIpc) is 2.56. The van der Waals surface area contributed by atoms with Gasteiger partial charge in [0.2, 0.25) is 0 Å². The predicted octanol–water partition coefficient (Wildman–Crippen LogP) is 6.08. The van der Waals surface area contributed by atoms with Crippen molar-refractivity contribution in [1.82, 2.24) is 0 Å². The highest BCUT2D eigenvalue weighted by Gasteiger charge is 2.07. The number of halogens is 1. The Hall–Kier alpha value is -2.35. The van der Waals surface area contributed by atoms with E-state index < -0.39 is 0 Å². The van der Waals surface area contributed by atoms with Crippen molar-refractivity contribution in [2.24, 2.45) is 0 Å². The molecule has 0 saturated heterocycles. The molecule has 0 aromatic heterocycles.